The first-order valence-electron chi connectivity index (χ1n) is 10.3. The van der Waals surface area contributed by atoms with E-state index in [1.807, 2.05) is 54.6 Å². The summed E-state index contributed by atoms with van der Waals surface area (Å²) in [7, 11) is 0. The van der Waals surface area contributed by atoms with Gasteiger partial charge in [-0.3, -0.25) is 4.79 Å². The molecule has 2 aromatic carbocycles. The van der Waals surface area contributed by atoms with Crippen molar-refractivity contribution in [3.8, 4) is 0 Å². The van der Waals surface area contributed by atoms with E-state index in [4.69, 9.17) is 21.1 Å². The standard InChI is InChI=1S/C24H26ClNO4/c25-21-9-7-19(8-10-21)20-11-22(24(28)26-13-16-1-2-16)30-23(12-20)29-15-18-5-3-17(14-27)4-6-18/h3-11,16,20,23,27H,1-2,12-15H2,(H,26,28)/t20-,23+/m1/s1. The maximum Gasteiger partial charge on any atom is 0.286 e. The fourth-order valence-electron chi connectivity index (χ4n) is 3.44. The highest BCUT2D eigenvalue weighted by molar-refractivity contribution is 6.30. The number of aliphatic hydroxyl groups excluding tert-OH is 1. The lowest BCUT2D eigenvalue weighted by atomic mass is 9.93. The van der Waals surface area contributed by atoms with Crippen LogP contribution in [-0.4, -0.2) is 23.8 Å². The maximum absolute atomic E-state index is 12.6. The monoisotopic (exact) mass is 427 g/mol. The second kappa shape index (κ2) is 9.65. The molecule has 1 heterocycles. The van der Waals surface area contributed by atoms with Crippen molar-refractivity contribution in [3.63, 3.8) is 0 Å². The van der Waals surface area contributed by atoms with Crippen molar-refractivity contribution in [2.75, 3.05) is 6.54 Å². The smallest absolute Gasteiger partial charge is 0.286 e. The van der Waals surface area contributed by atoms with Crippen molar-refractivity contribution in [1.82, 2.24) is 5.32 Å². The molecule has 1 amide bonds. The number of allylic oxidation sites excluding steroid dienone is 1. The van der Waals surface area contributed by atoms with Gasteiger partial charge in [0.15, 0.2) is 5.76 Å². The molecule has 1 saturated carbocycles. The average Bonchev–Trinajstić information content (AvgIpc) is 3.61. The number of carbonyl (C=O) groups excluding carboxylic acids is 1. The number of hydrogen-bond donors (Lipinski definition) is 2. The minimum Gasteiger partial charge on any atom is -0.459 e. The van der Waals surface area contributed by atoms with E-state index in [0.717, 1.165) is 16.7 Å². The quantitative estimate of drug-likeness (QED) is 0.659. The van der Waals surface area contributed by atoms with E-state index in [-0.39, 0.29) is 18.4 Å². The molecule has 2 aliphatic rings. The molecule has 0 radical (unpaired) electrons. The normalized spacial score (nSPS) is 20.9. The topological polar surface area (TPSA) is 67.8 Å². The van der Waals surface area contributed by atoms with Crippen LogP contribution in [0.2, 0.25) is 5.02 Å². The third kappa shape index (κ3) is 5.63. The molecule has 2 aromatic rings. The Bertz CT molecular complexity index is 890. The highest BCUT2D eigenvalue weighted by Gasteiger charge is 2.30. The van der Waals surface area contributed by atoms with Crippen molar-refractivity contribution in [2.45, 2.75) is 44.7 Å². The van der Waals surface area contributed by atoms with Crippen LogP contribution in [0.4, 0.5) is 0 Å². The summed E-state index contributed by atoms with van der Waals surface area (Å²) < 4.78 is 11.9. The lowest BCUT2D eigenvalue weighted by Crippen LogP contribution is -2.33. The minimum absolute atomic E-state index is 0.000503. The summed E-state index contributed by atoms with van der Waals surface area (Å²) in [5, 5.41) is 12.8. The lowest BCUT2D eigenvalue weighted by Gasteiger charge is -2.29. The fraction of sp³-hybridized carbons (Fsp3) is 0.375. The fourth-order valence-corrected chi connectivity index (χ4v) is 3.56. The van der Waals surface area contributed by atoms with E-state index >= 15 is 0 Å². The molecular weight excluding hydrogens is 402 g/mol. The van der Waals surface area contributed by atoms with Gasteiger partial charge in [0.1, 0.15) is 0 Å². The van der Waals surface area contributed by atoms with Gasteiger partial charge in [-0.25, -0.2) is 0 Å². The van der Waals surface area contributed by atoms with E-state index in [9.17, 15) is 9.90 Å². The molecule has 0 unspecified atom stereocenters. The van der Waals surface area contributed by atoms with Gasteiger partial charge in [-0.05, 0) is 53.7 Å². The van der Waals surface area contributed by atoms with Crippen LogP contribution in [-0.2, 0) is 27.5 Å². The summed E-state index contributed by atoms with van der Waals surface area (Å²) in [5.41, 5.74) is 2.90. The molecule has 0 bridgehead atoms. The molecule has 5 nitrogen and oxygen atoms in total. The van der Waals surface area contributed by atoms with Crippen molar-refractivity contribution in [3.05, 3.63) is 82.1 Å². The van der Waals surface area contributed by atoms with Gasteiger partial charge in [0.05, 0.1) is 13.2 Å². The Hall–Kier alpha value is -2.34. The van der Waals surface area contributed by atoms with Gasteiger partial charge in [-0.15, -0.1) is 0 Å². The number of nitrogens with one attached hydrogen (secondary N) is 1. The summed E-state index contributed by atoms with van der Waals surface area (Å²) in [4.78, 5) is 12.6. The van der Waals surface area contributed by atoms with Crippen molar-refractivity contribution >= 4 is 17.5 Å². The van der Waals surface area contributed by atoms with Crippen LogP contribution < -0.4 is 5.32 Å². The van der Waals surface area contributed by atoms with Gasteiger partial charge < -0.3 is 19.9 Å². The van der Waals surface area contributed by atoms with Gasteiger partial charge in [-0.2, -0.15) is 0 Å². The summed E-state index contributed by atoms with van der Waals surface area (Å²) in [6.07, 6.45) is 4.30. The molecule has 2 atom stereocenters. The number of hydrogen-bond acceptors (Lipinski definition) is 4. The van der Waals surface area contributed by atoms with Crippen LogP contribution in [0.3, 0.4) is 0 Å². The third-order valence-electron chi connectivity index (χ3n) is 5.47. The predicted molar refractivity (Wildman–Crippen MR) is 115 cm³/mol. The van der Waals surface area contributed by atoms with Crippen molar-refractivity contribution in [2.24, 2.45) is 5.92 Å². The Balaban J connectivity index is 1.45. The SMILES string of the molecule is O=C(NCC1CC1)C1=C[C@@H](c2ccc(Cl)cc2)C[C@@H](OCc2ccc(CO)cc2)O1. The van der Waals surface area contributed by atoms with Crippen LogP contribution in [0, 0.1) is 5.92 Å². The molecule has 1 aliphatic carbocycles. The number of carbonyl (C=O) groups is 1. The molecule has 6 heteroatoms. The first-order valence-corrected chi connectivity index (χ1v) is 10.7. The molecule has 158 valence electrons. The summed E-state index contributed by atoms with van der Waals surface area (Å²) in [5.74, 6) is 0.711. The van der Waals surface area contributed by atoms with Crippen molar-refractivity contribution < 1.29 is 19.4 Å². The van der Waals surface area contributed by atoms with E-state index in [1.165, 1.54) is 12.8 Å². The highest BCUT2D eigenvalue weighted by atomic mass is 35.5. The highest BCUT2D eigenvalue weighted by Crippen LogP contribution is 2.33. The Morgan fingerprint density at radius 3 is 2.47 bits per heavy atom. The van der Waals surface area contributed by atoms with Crippen LogP contribution in [0.25, 0.3) is 0 Å². The van der Waals surface area contributed by atoms with E-state index in [0.29, 0.717) is 36.3 Å². The van der Waals surface area contributed by atoms with Crippen molar-refractivity contribution in [1.29, 1.82) is 0 Å². The van der Waals surface area contributed by atoms with Gasteiger partial charge >= 0.3 is 0 Å². The van der Waals surface area contributed by atoms with Gasteiger partial charge in [0, 0.05) is 23.9 Å². The summed E-state index contributed by atoms with van der Waals surface area (Å²) >= 11 is 6.03. The molecule has 30 heavy (non-hydrogen) atoms. The summed E-state index contributed by atoms with van der Waals surface area (Å²) in [6.45, 7) is 1.06. The van der Waals surface area contributed by atoms with Crippen LogP contribution in [0.5, 0.6) is 0 Å². The van der Waals surface area contributed by atoms with Gasteiger partial charge in [-0.1, -0.05) is 48.0 Å². The molecule has 0 spiro atoms. The number of ether oxygens (including phenoxy) is 2. The largest absolute Gasteiger partial charge is 0.459 e. The minimum atomic E-state index is -0.533. The van der Waals surface area contributed by atoms with E-state index in [2.05, 4.69) is 5.32 Å². The zero-order valence-corrected chi connectivity index (χ0v) is 17.5. The number of aliphatic hydroxyl groups is 1. The zero-order valence-electron chi connectivity index (χ0n) is 16.7. The van der Waals surface area contributed by atoms with Gasteiger partial charge in [0.25, 0.3) is 5.91 Å². The van der Waals surface area contributed by atoms with Crippen LogP contribution >= 0.6 is 11.6 Å². The Labute approximate surface area is 181 Å². The summed E-state index contributed by atoms with van der Waals surface area (Å²) in [6, 6.07) is 15.2. The number of rotatable bonds is 8. The van der Waals surface area contributed by atoms with E-state index in [1.54, 1.807) is 0 Å². The van der Waals surface area contributed by atoms with E-state index < -0.39 is 6.29 Å². The van der Waals surface area contributed by atoms with Crippen LogP contribution in [0.15, 0.2) is 60.4 Å². The molecule has 0 saturated heterocycles. The Morgan fingerprint density at radius 1 is 1.10 bits per heavy atom. The Kier molecular flexibility index (Phi) is 6.72. The maximum atomic E-state index is 12.6. The second-order valence-corrected chi connectivity index (χ2v) is 8.35. The third-order valence-corrected chi connectivity index (χ3v) is 5.72. The molecule has 4 rings (SSSR count). The first-order chi connectivity index (χ1) is 14.6. The molecule has 0 aromatic heterocycles. The molecule has 1 aliphatic heterocycles. The van der Waals surface area contributed by atoms with Crippen LogP contribution in [0.1, 0.15) is 41.9 Å². The zero-order chi connectivity index (χ0) is 20.9. The molecule has 2 N–H and O–H groups in total. The predicted octanol–water partition coefficient (Wildman–Crippen LogP) is 4.29. The molecule has 1 fully saturated rings. The lowest BCUT2D eigenvalue weighted by molar-refractivity contribution is -0.150. The molecular formula is C24H26ClNO4. The average molecular weight is 428 g/mol. The number of amides is 1. The Morgan fingerprint density at radius 2 is 1.80 bits per heavy atom. The second-order valence-electron chi connectivity index (χ2n) is 7.91. The number of benzene rings is 2. The van der Waals surface area contributed by atoms with Gasteiger partial charge in [0.2, 0.25) is 6.29 Å². The first kappa shape index (κ1) is 20.9. The number of halogens is 1.